The maximum atomic E-state index is 12.3. The quantitative estimate of drug-likeness (QED) is 0.874. The molecule has 2 heterocycles. The lowest BCUT2D eigenvalue weighted by Crippen LogP contribution is -2.41. The summed E-state index contributed by atoms with van der Waals surface area (Å²) < 4.78 is 12.1. The minimum Gasteiger partial charge on any atom is -0.399 e. The van der Waals surface area contributed by atoms with Crippen molar-refractivity contribution >= 4 is 24.2 Å². The number of carbonyl (C=O) groups excluding carboxylic acids is 1. The smallest absolute Gasteiger partial charge is 0.399 e. The molecule has 0 unspecified atom stereocenters. The Bertz CT molecular complexity index is 772. The first kappa shape index (κ1) is 17.6. The first-order valence-electron chi connectivity index (χ1n) is 8.38. The predicted molar refractivity (Wildman–Crippen MR) is 99.1 cm³/mol. The zero-order valence-electron chi connectivity index (χ0n) is 15.3. The molecule has 1 saturated heterocycles. The van der Waals surface area contributed by atoms with Gasteiger partial charge in [0.1, 0.15) is 0 Å². The third-order valence-electron chi connectivity index (χ3n) is 4.95. The number of carbonyl (C=O) groups is 1. The van der Waals surface area contributed by atoms with E-state index in [1.807, 2.05) is 58.9 Å². The number of anilines is 1. The van der Waals surface area contributed by atoms with Gasteiger partial charge in [0.15, 0.2) is 0 Å². The molecule has 0 spiro atoms. The minimum atomic E-state index is -0.407. The van der Waals surface area contributed by atoms with E-state index in [1.165, 1.54) is 0 Å². The van der Waals surface area contributed by atoms with E-state index >= 15 is 0 Å². The molecule has 2 aromatic rings. The van der Waals surface area contributed by atoms with Crippen LogP contribution < -0.4 is 10.8 Å². The van der Waals surface area contributed by atoms with E-state index in [9.17, 15) is 4.79 Å². The molecule has 1 N–H and O–H groups in total. The van der Waals surface area contributed by atoms with E-state index in [1.54, 1.807) is 18.3 Å². The fraction of sp³-hybridized carbons (Fsp3) is 0.368. The van der Waals surface area contributed by atoms with Crippen molar-refractivity contribution in [2.45, 2.75) is 45.8 Å². The van der Waals surface area contributed by atoms with Gasteiger partial charge in [-0.2, -0.15) is 0 Å². The molecule has 0 bridgehead atoms. The highest BCUT2D eigenvalue weighted by Gasteiger charge is 2.51. The molecular weight excluding hydrogens is 315 g/mol. The molecule has 6 heteroatoms. The summed E-state index contributed by atoms with van der Waals surface area (Å²) in [6.45, 7) is 9.92. The number of nitrogens with one attached hydrogen (secondary N) is 1. The Morgan fingerprint density at radius 1 is 1.04 bits per heavy atom. The van der Waals surface area contributed by atoms with Crippen molar-refractivity contribution in [1.82, 2.24) is 4.98 Å². The van der Waals surface area contributed by atoms with Crippen LogP contribution in [0.25, 0.3) is 0 Å². The molecule has 0 saturated carbocycles. The topological polar surface area (TPSA) is 60.5 Å². The summed E-state index contributed by atoms with van der Waals surface area (Å²) in [5.74, 6) is -0.172. The maximum Gasteiger partial charge on any atom is 0.494 e. The van der Waals surface area contributed by atoms with Gasteiger partial charge < -0.3 is 14.6 Å². The van der Waals surface area contributed by atoms with Crippen molar-refractivity contribution in [3.8, 4) is 0 Å². The molecule has 1 aliphatic heterocycles. The van der Waals surface area contributed by atoms with Gasteiger partial charge in [0, 0.05) is 17.6 Å². The summed E-state index contributed by atoms with van der Waals surface area (Å²) in [4.78, 5) is 16.5. The van der Waals surface area contributed by atoms with Gasteiger partial charge in [0.2, 0.25) is 0 Å². The van der Waals surface area contributed by atoms with Crippen LogP contribution >= 0.6 is 0 Å². The summed E-state index contributed by atoms with van der Waals surface area (Å²) >= 11 is 0. The van der Waals surface area contributed by atoms with Crippen molar-refractivity contribution in [1.29, 1.82) is 0 Å². The number of benzene rings is 1. The Labute approximate surface area is 148 Å². The van der Waals surface area contributed by atoms with Crippen LogP contribution in [0.1, 0.15) is 43.7 Å². The second-order valence-electron chi connectivity index (χ2n) is 7.30. The molecular formula is C19H23BN2O3. The molecule has 25 heavy (non-hydrogen) atoms. The zero-order valence-corrected chi connectivity index (χ0v) is 15.3. The summed E-state index contributed by atoms with van der Waals surface area (Å²) in [6.07, 6.45) is 1.67. The lowest BCUT2D eigenvalue weighted by molar-refractivity contribution is 0.00578. The summed E-state index contributed by atoms with van der Waals surface area (Å²) in [5.41, 5.74) is 2.17. The van der Waals surface area contributed by atoms with Crippen LogP contribution in [0, 0.1) is 6.92 Å². The molecule has 5 nitrogen and oxygen atoms in total. The SMILES string of the molecule is Cc1ncccc1C(=O)Nc1ccc(B2OC(C)(C)C(C)(C)O2)cc1. The number of amides is 1. The number of nitrogens with zero attached hydrogens (tertiary/aromatic N) is 1. The average Bonchev–Trinajstić information content (AvgIpc) is 2.76. The Balaban J connectivity index is 1.71. The molecule has 3 rings (SSSR count). The van der Waals surface area contributed by atoms with E-state index in [0.29, 0.717) is 16.9 Å². The van der Waals surface area contributed by atoms with E-state index in [-0.39, 0.29) is 17.1 Å². The Kier molecular flexibility index (Phi) is 4.43. The summed E-state index contributed by atoms with van der Waals surface area (Å²) in [6, 6.07) is 11.0. The normalized spacial score (nSPS) is 18.2. The molecule has 0 radical (unpaired) electrons. The van der Waals surface area contributed by atoms with Crippen molar-refractivity contribution in [2.75, 3.05) is 5.32 Å². The van der Waals surface area contributed by atoms with Gasteiger partial charge in [-0.1, -0.05) is 12.1 Å². The molecule has 1 aromatic heterocycles. The van der Waals surface area contributed by atoms with Crippen molar-refractivity contribution in [3.63, 3.8) is 0 Å². The Hall–Kier alpha value is -2.18. The average molecular weight is 338 g/mol. The predicted octanol–water partition coefficient (Wildman–Crippen LogP) is 2.94. The molecule has 0 aliphatic carbocycles. The Morgan fingerprint density at radius 2 is 1.64 bits per heavy atom. The fourth-order valence-electron chi connectivity index (χ4n) is 2.63. The number of pyridine rings is 1. The first-order valence-corrected chi connectivity index (χ1v) is 8.38. The van der Waals surface area contributed by atoms with Crippen LogP contribution in [0.4, 0.5) is 5.69 Å². The van der Waals surface area contributed by atoms with Gasteiger partial charge in [-0.05, 0) is 64.3 Å². The van der Waals surface area contributed by atoms with Gasteiger partial charge in [0.25, 0.3) is 5.91 Å². The van der Waals surface area contributed by atoms with Crippen molar-refractivity contribution < 1.29 is 14.1 Å². The highest BCUT2D eigenvalue weighted by Crippen LogP contribution is 2.36. The van der Waals surface area contributed by atoms with Gasteiger partial charge in [-0.3, -0.25) is 9.78 Å². The molecule has 130 valence electrons. The number of hydrogen-bond donors (Lipinski definition) is 1. The standard InChI is InChI=1S/C19H23BN2O3/c1-13-16(7-6-12-21-13)17(23)22-15-10-8-14(9-11-15)20-24-18(2,3)19(4,5)25-20/h6-12H,1-5H3,(H,22,23). The minimum absolute atomic E-state index is 0.172. The van der Waals surface area contributed by atoms with Gasteiger partial charge >= 0.3 is 7.12 Å². The van der Waals surface area contributed by atoms with Crippen LogP contribution in [0.5, 0.6) is 0 Å². The second kappa shape index (κ2) is 6.28. The zero-order chi connectivity index (χ0) is 18.2. The van der Waals surface area contributed by atoms with E-state index < -0.39 is 7.12 Å². The van der Waals surface area contributed by atoms with E-state index in [4.69, 9.17) is 9.31 Å². The fourth-order valence-corrected chi connectivity index (χ4v) is 2.63. The van der Waals surface area contributed by atoms with Crippen LogP contribution in [0.3, 0.4) is 0 Å². The summed E-state index contributed by atoms with van der Waals surface area (Å²) in [7, 11) is -0.407. The molecule has 0 atom stereocenters. The highest BCUT2D eigenvalue weighted by atomic mass is 16.7. The number of hydrogen-bond acceptors (Lipinski definition) is 4. The molecule has 1 aromatic carbocycles. The second-order valence-corrected chi connectivity index (χ2v) is 7.30. The van der Waals surface area contributed by atoms with Crippen molar-refractivity contribution in [3.05, 3.63) is 53.9 Å². The van der Waals surface area contributed by atoms with Crippen LogP contribution in [-0.4, -0.2) is 29.2 Å². The van der Waals surface area contributed by atoms with Gasteiger partial charge in [0.05, 0.1) is 16.8 Å². The summed E-state index contributed by atoms with van der Waals surface area (Å²) in [5, 5.41) is 2.89. The molecule has 1 fully saturated rings. The van der Waals surface area contributed by atoms with Crippen LogP contribution in [-0.2, 0) is 9.31 Å². The highest BCUT2D eigenvalue weighted by molar-refractivity contribution is 6.62. The van der Waals surface area contributed by atoms with Gasteiger partial charge in [-0.15, -0.1) is 0 Å². The molecule has 1 aliphatic rings. The maximum absolute atomic E-state index is 12.3. The third-order valence-corrected chi connectivity index (χ3v) is 4.95. The number of aromatic nitrogens is 1. The Morgan fingerprint density at radius 3 is 2.20 bits per heavy atom. The monoisotopic (exact) mass is 338 g/mol. The van der Waals surface area contributed by atoms with Crippen LogP contribution in [0.2, 0.25) is 0 Å². The van der Waals surface area contributed by atoms with Gasteiger partial charge in [-0.25, -0.2) is 0 Å². The van der Waals surface area contributed by atoms with E-state index in [0.717, 1.165) is 5.46 Å². The first-order chi connectivity index (χ1) is 11.7. The van der Waals surface area contributed by atoms with Crippen molar-refractivity contribution in [2.24, 2.45) is 0 Å². The largest absolute Gasteiger partial charge is 0.494 e. The lowest BCUT2D eigenvalue weighted by atomic mass is 9.79. The third kappa shape index (κ3) is 3.46. The van der Waals surface area contributed by atoms with Crippen LogP contribution in [0.15, 0.2) is 42.6 Å². The lowest BCUT2D eigenvalue weighted by Gasteiger charge is -2.32. The number of rotatable bonds is 3. The number of aryl methyl sites for hydroxylation is 1. The molecule has 1 amide bonds. The van der Waals surface area contributed by atoms with E-state index in [2.05, 4.69) is 10.3 Å².